The van der Waals surface area contributed by atoms with Crippen LogP contribution >= 0.6 is 0 Å². The maximum absolute atomic E-state index is 14.5. The molecule has 9 rings (SSSR count). The quantitative estimate of drug-likeness (QED) is 0.134. The monoisotopic (exact) mass is 757 g/mol. The Morgan fingerprint density at radius 2 is 1.62 bits per heavy atom. The van der Waals surface area contributed by atoms with Crippen LogP contribution in [0.25, 0.3) is 33.5 Å². The van der Waals surface area contributed by atoms with Gasteiger partial charge in [-0.15, -0.1) is 0 Å². The van der Waals surface area contributed by atoms with Gasteiger partial charge in [-0.05, 0) is 100 Å². The Morgan fingerprint density at radius 1 is 0.875 bits per heavy atom. The number of carbonyl (C=O) groups is 3. The Kier molecular flexibility index (Phi) is 9.29. The fourth-order valence-electron chi connectivity index (χ4n) is 9.47. The molecular formula is C45H51N5O6. The highest BCUT2D eigenvalue weighted by Crippen LogP contribution is 2.50. The van der Waals surface area contributed by atoms with E-state index in [1.165, 1.54) is 18.4 Å². The molecule has 3 aromatic carbocycles. The van der Waals surface area contributed by atoms with E-state index in [4.69, 9.17) is 19.2 Å². The second-order valence-corrected chi connectivity index (χ2v) is 17.4. The number of amides is 2. The number of rotatable bonds is 11. The zero-order chi connectivity index (χ0) is 38.7. The minimum Gasteiger partial charge on any atom is -0.494 e. The van der Waals surface area contributed by atoms with Gasteiger partial charge in [0, 0.05) is 60.5 Å². The molecule has 5 aromatic rings. The van der Waals surface area contributed by atoms with E-state index in [1.807, 2.05) is 63.2 Å². The summed E-state index contributed by atoms with van der Waals surface area (Å²) in [7, 11) is 1.65. The number of alkyl carbamates (subject to hydrolysis) is 1. The van der Waals surface area contributed by atoms with Gasteiger partial charge in [0.1, 0.15) is 23.5 Å². The Hall–Kier alpha value is -5.32. The lowest BCUT2D eigenvalue weighted by Gasteiger charge is -2.38. The van der Waals surface area contributed by atoms with Crippen molar-refractivity contribution in [2.75, 3.05) is 20.2 Å². The molecule has 2 bridgehead atoms. The first-order valence-electron chi connectivity index (χ1n) is 20.2. The molecule has 2 amide bonds. The first-order valence-corrected chi connectivity index (χ1v) is 20.2. The predicted molar refractivity (Wildman–Crippen MR) is 213 cm³/mol. The number of imidazole rings is 1. The topological polar surface area (TPSA) is 117 Å². The van der Waals surface area contributed by atoms with E-state index in [0.717, 1.165) is 53.8 Å². The van der Waals surface area contributed by atoms with Crippen molar-refractivity contribution in [2.45, 2.75) is 84.2 Å². The third-order valence-electron chi connectivity index (χ3n) is 12.3. The number of benzene rings is 3. The number of hydrogen-bond donors (Lipinski definition) is 1. The number of Topliss-reactive ketones (excluding diaryl/α,β-unsaturated/α-hetero) is 1. The zero-order valence-electron chi connectivity index (χ0n) is 32.7. The van der Waals surface area contributed by atoms with E-state index in [2.05, 4.69) is 44.8 Å². The van der Waals surface area contributed by atoms with Crippen molar-refractivity contribution in [3.8, 4) is 17.3 Å². The van der Waals surface area contributed by atoms with Crippen molar-refractivity contribution in [1.82, 2.24) is 24.3 Å². The summed E-state index contributed by atoms with van der Waals surface area (Å²) in [5.74, 6) is 2.38. The SMILES string of the molecule is COc1cc(C(=O)C2CC3CCC2[C@@H]3NC(=O)OC(C)(C)C)cc2nc(-c3cc4ccccc4n3CC3CC3)n(CC3CN(C(=O)OCc4ccccc4)C3)c12. The van der Waals surface area contributed by atoms with Gasteiger partial charge in [0.2, 0.25) is 0 Å². The van der Waals surface area contributed by atoms with Crippen LogP contribution in [-0.2, 0) is 29.2 Å². The summed E-state index contributed by atoms with van der Waals surface area (Å²) in [4.78, 5) is 47.3. The molecule has 3 saturated carbocycles. The second kappa shape index (κ2) is 14.3. The summed E-state index contributed by atoms with van der Waals surface area (Å²) in [6.07, 6.45) is 4.32. The maximum Gasteiger partial charge on any atom is 0.410 e. The molecule has 3 aliphatic carbocycles. The zero-order valence-corrected chi connectivity index (χ0v) is 32.7. The Morgan fingerprint density at radius 3 is 2.38 bits per heavy atom. The second-order valence-electron chi connectivity index (χ2n) is 17.4. The molecule has 1 saturated heterocycles. The summed E-state index contributed by atoms with van der Waals surface area (Å²) >= 11 is 0. The Labute approximate surface area is 327 Å². The lowest BCUT2D eigenvalue weighted by atomic mass is 9.83. The van der Waals surface area contributed by atoms with Gasteiger partial charge in [0.15, 0.2) is 11.6 Å². The highest BCUT2D eigenvalue weighted by Gasteiger charge is 2.51. The van der Waals surface area contributed by atoms with Crippen molar-refractivity contribution in [2.24, 2.45) is 29.6 Å². The van der Waals surface area contributed by atoms with Crippen LogP contribution in [0.5, 0.6) is 5.75 Å². The molecule has 11 nitrogen and oxygen atoms in total. The van der Waals surface area contributed by atoms with E-state index in [9.17, 15) is 14.4 Å². The Bertz CT molecular complexity index is 2300. The standard InChI is InChI=1S/C45H51N5O6/c1-45(2,3)56-43(52)47-39-31-16-17-33(39)34(18-31)41(51)32-19-35-40(38(21-32)54-4)50(25-29-22-48(23-29)44(53)55-26-28-10-6-5-7-11-28)42(46-35)37-20-30-12-8-9-13-36(30)49(37)24-27-14-15-27/h5-13,19-21,27,29,31,33-34,39H,14-18,22-26H2,1-4H3,(H,47,52)/t31?,33?,34?,39-/m1/s1. The van der Waals surface area contributed by atoms with Crippen LogP contribution in [0.15, 0.2) is 72.8 Å². The molecule has 11 heteroatoms. The average Bonchev–Trinajstić information content (AvgIpc) is 3.47. The molecular weight excluding hydrogens is 707 g/mol. The van der Waals surface area contributed by atoms with Gasteiger partial charge in [0.05, 0.1) is 18.3 Å². The van der Waals surface area contributed by atoms with E-state index in [1.54, 1.807) is 12.0 Å². The number of ether oxygens (including phenoxy) is 3. The van der Waals surface area contributed by atoms with Crippen LogP contribution in [0, 0.1) is 29.6 Å². The average molecular weight is 758 g/mol. The molecule has 4 aliphatic rings. The molecule has 1 N–H and O–H groups in total. The van der Waals surface area contributed by atoms with E-state index < -0.39 is 11.7 Å². The third kappa shape index (κ3) is 7.01. The molecule has 3 unspecified atom stereocenters. The fraction of sp³-hybridized carbons (Fsp3) is 0.467. The maximum atomic E-state index is 14.5. The molecule has 1 aliphatic heterocycles. The van der Waals surface area contributed by atoms with Crippen molar-refractivity contribution < 1.29 is 28.6 Å². The highest BCUT2D eigenvalue weighted by atomic mass is 16.6. The predicted octanol–water partition coefficient (Wildman–Crippen LogP) is 8.47. The number of aromatic nitrogens is 3. The molecule has 4 atom stereocenters. The molecule has 56 heavy (non-hydrogen) atoms. The van der Waals surface area contributed by atoms with Crippen molar-refractivity contribution >= 4 is 39.9 Å². The third-order valence-corrected chi connectivity index (χ3v) is 12.3. The number of carbonyl (C=O) groups excluding carboxylic acids is 3. The van der Waals surface area contributed by atoms with Gasteiger partial charge in [-0.1, -0.05) is 48.5 Å². The van der Waals surface area contributed by atoms with E-state index in [-0.39, 0.29) is 48.2 Å². The summed E-state index contributed by atoms with van der Waals surface area (Å²) < 4.78 is 22.0. The number of methoxy groups -OCH3 is 1. The van der Waals surface area contributed by atoms with Gasteiger partial charge in [-0.25, -0.2) is 14.6 Å². The number of fused-ring (bicyclic) bond motifs is 4. The number of nitrogens with zero attached hydrogens (tertiary/aromatic N) is 4. The molecule has 0 spiro atoms. The number of nitrogens with one attached hydrogen (secondary N) is 1. The molecule has 0 radical (unpaired) electrons. The van der Waals surface area contributed by atoms with Gasteiger partial charge >= 0.3 is 12.2 Å². The first kappa shape index (κ1) is 36.3. The van der Waals surface area contributed by atoms with Crippen LogP contribution in [0.1, 0.15) is 68.8 Å². The first-order chi connectivity index (χ1) is 27.0. The normalized spacial score (nSPS) is 22.0. The van der Waals surface area contributed by atoms with Crippen LogP contribution in [0.4, 0.5) is 9.59 Å². The van der Waals surface area contributed by atoms with Gasteiger partial charge in [0.25, 0.3) is 0 Å². The summed E-state index contributed by atoms with van der Waals surface area (Å²) in [6, 6.07) is 24.2. The minimum absolute atomic E-state index is 0.0499. The molecule has 4 fully saturated rings. The van der Waals surface area contributed by atoms with Crippen LogP contribution in [0.2, 0.25) is 0 Å². The largest absolute Gasteiger partial charge is 0.494 e. The molecule has 2 aromatic heterocycles. The lowest BCUT2D eigenvalue weighted by Crippen LogP contribution is -2.51. The van der Waals surface area contributed by atoms with Gasteiger partial charge in [-0.2, -0.15) is 0 Å². The van der Waals surface area contributed by atoms with Gasteiger partial charge in [-0.3, -0.25) is 4.79 Å². The summed E-state index contributed by atoms with van der Waals surface area (Å²) in [5, 5.41) is 4.27. The van der Waals surface area contributed by atoms with Gasteiger partial charge < -0.3 is 33.6 Å². The summed E-state index contributed by atoms with van der Waals surface area (Å²) in [6.45, 7) is 8.49. The van der Waals surface area contributed by atoms with Crippen molar-refractivity contribution in [3.05, 3.63) is 83.9 Å². The van der Waals surface area contributed by atoms with E-state index in [0.29, 0.717) is 42.4 Å². The molecule has 3 heterocycles. The van der Waals surface area contributed by atoms with Crippen LogP contribution in [0.3, 0.4) is 0 Å². The number of ketones is 1. The van der Waals surface area contributed by atoms with Crippen LogP contribution < -0.4 is 10.1 Å². The van der Waals surface area contributed by atoms with Crippen LogP contribution in [-0.4, -0.2) is 68.8 Å². The van der Waals surface area contributed by atoms with Crippen molar-refractivity contribution in [1.29, 1.82) is 0 Å². The Balaban J connectivity index is 1.03. The smallest absolute Gasteiger partial charge is 0.410 e. The number of hydrogen-bond acceptors (Lipinski definition) is 7. The lowest BCUT2D eigenvalue weighted by molar-refractivity contribution is 0.0450. The van der Waals surface area contributed by atoms with Crippen molar-refractivity contribution in [3.63, 3.8) is 0 Å². The van der Waals surface area contributed by atoms with E-state index >= 15 is 0 Å². The highest BCUT2D eigenvalue weighted by molar-refractivity contribution is 6.03. The number of likely N-dealkylation sites (tertiary alicyclic amines) is 1. The molecule has 292 valence electrons. The fourth-order valence-corrected chi connectivity index (χ4v) is 9.47. The summed E-state index contributed by atoms with van der Waals surface area (Å²) in [5.41, 5.74) is 4.69. The minimum atomic E-state index is -0.593. The number of para-hydroxylation sites is 1.